The lowest BCUT2D eigenvalue weighted by Crippen LogP contribution is -2.37. The van der Waals surface area contributed by atoms with E-state index < -0.39 is 40.6 Å². The summed E-state index contributed by atoms with van der Waals surface area (Å²) < 4.78 is 79.8. The van der Waals surface area contributed by atoms with Gasteiger partial charge < -0.3 is 14.8 Å². The van der Waals surface area contributed by atoms with E-state index in [0.29, 0.717) is 24.6 Å². The number of nitrogens with zero attached hydrogens (tertiary/aromatic N) is 3. The zero-order chi connectivity index (χ0) is 26.8. The Kier molecular flexibility index (Phi) is 7.37. The molecule has 37 heavy (non-hydrogen) atoms. The monoisotopic (exact) mass is 524 g/mol. The molecule has 0 saturated carbocycles. The van der Waals surface area contributed by atoms with Crippen LogP contribution in [-0.4, -0.2) is 20.1 Å². The second-order valence-corrected chi connectivity index (χ2v) is 8.94. The second kappa shape index (κ2) is 10.3. The van der Waals surface area contributed by atoms with Crippen LogP contribution < -0.4 is 20.5 Å². The summed E-state index contributed by atoms with van der Waals surface area (Å²) in [7, 11) is 0. The molecule has 1 N–H and O–H groups in total. The maximum absolute atomic E-state index is 14.6. The Morgan fingerprint density at radius 3 is 2.35 bits per heavy atom. The van der Waals surface area contributed by atoms with Gasteiger partial charge >= 0.3 is 11.9 Å². The molecule has 198 valence electrons. The molecule has 0 amide bonds. The zero-order valence-electron chi connectivity index (χ0n) is 20.2. The van der Waals surface area contributed by atoms with Crippen molar-refractivity contribution >= 4 is 5.82 Å². The molecule has 0 unspecified atom stereocenters. The predicted molar refractivity (Wildman–Crippen MR) is 125 cm³/mol. The summed E-state index contributed by atoms with van der Waals surface area (Å²) in [4.78, 5) is 19.9. The van der Waals surface area contributed by atoms with Gasteiger partial charge in [0.1, 0.15) is 18.2 Å². The Bertz CT molecular complexity index is 1310. The van der Waals surface area contributed by atoms with Crippen LogP contribution in [0.5, 0.6) is 17.4 Å². The van der Waals surface area contributed by atoms with Crippen molar-refractivity contribution in [2.24, 2.45) is 0 Å². The number of hydrogen-bond acceptors (Lipinski definition) is 6. The predicted octanol–water partition coefficient (Wildman–Crippen LogP) is 6.07. The number of pyridine rings is 1. The van der Waals surface area contributed by atoms with E-state index in [1.807, 2.05) is 0 Å². The summed E-state index contributed by atoms with van der Waals surface area (Å²) in [6.07, 6.45) is 0.418. The highest BCUT2D eigenvalue weighted by molar-refractivity contribution is 5.46. The largest absolute Gasteiger partial charge is 0.473 e. The van der Waals surface area contributed by atoms with Crippen molar-refractivity contribution in [3.63, 3.8) is 0 Å². The summed E-state index contributed by atoms with van der Waals surface area (Å²) >= 11 is 0. The molecular weight excluding hydrogens is 499 g/mol. The van der Waals surface area contributed by atoms with Crippen LogP contribution >= 0.6 is 0 Å². The molecule has 0 aliphatic carbocycles. The summed E-state index contributed by atoms with van der Waals surface area (Å²) in [5.41, 5.74) is -1.80. The van der Waals surface area contributed by atoms with Crippen LogP contribution in [0.1, 0.15) is 50.7 Å². The van der Waals surface area contributed by atoms with Gasteiger partial charge in [0.2, 0.25) is 5.88 Å². The van der Waals surface area contributed by atoms with E-state index in [4.69, 9.17) is 9.47 Å². The van der Waals surface area contributed by atoms with E-state index in [-0.39, 0.29) is 23.6 Å². The fraction of sp³-hybridized carbons (Fsp3) is 0.400. The summed E-state index contributed by atoms with van der Waals surface area (Å²) in [6.45, 7) is 4.32. The molecule has 3 aromatic rings. The van der Waals surface area contributed by atoms with Gasteiger partial charge in [-0.2, -0.15) is 18.2 Å². The number of rotatable bonds is 9. The van der Waals surface area contributed by atoms with Crippen LogP contribution in [0.2, 0.25) is 0 Å². The molecule has 4 rings (SSSR count). The smallest absolute Gasteiger partial charge is 0.418 e. The Labute approximate surface area is 209 Å². The summed E-state index contributed by atoms with van der Waals surface area (Å²) in [5.74, 6) is -3.11. The highest BCUT2D eigenvalue weighted by Gasteiger charge is 2.36. The topological polar surface area (TPSA) is 78.3 Å². The van der Waals surface area contributed by atoms with Gasteiger partial charge in [-0.3, -0.25) is 9.55 Å². The van der Waals surface area contributed by atoms with Crippen LogP contribution in [-0.2, 0) is 19.3 Å². The van der Waals surface area contributed by atoms with Crippen LogP contribution in [0.25, 0.3) is 0 Å². The SMILES string of the molecule is CCCC1(CCC)Cn2c(cc(OCc3cc(F)c(Oc4cncc(C(F)(F)F)c4)c(F)c3)nc2=O)N1. The van der Waals surface area contributed by atoms with Gasteiger partial charge in [0.25, 0.3) is 0 Å². The third-order valence-corrected chi connectivity index (χ3v) is 6.00. The number of benzene rings is 1. The summed E-state index contributed by atoms with van der Waals surface area (Å²) in [5, 5.41) is 3.42. The molecule has 1 aromatic carbocycles. The first-order chi connectivity index (χ1) is 17.5. The highest BCUT2D eigenvalue weighted by Crippen LogP contribution is 2.35. The lowest BCUT2D eigenvalue weighted by molar-refractivity contribution is -0.137. The molecular formula is C25H25F5N4O3. The Morgan fingerprint density at radius 1 is 1.05 bits per heavy atom. The number of fused-ring (bicyclic) bond motifs is 1. The van der Waals surface area contributed by atoms with Crippen LogP contribution in [0.3, 0.4) is 0 Å². The Balaban J connectivity index is 1.48. The first-order valence-corrected chi connectivity index (χ1v) is 11.7. The standard InChI is InChI=1S/C25H25F5N4O3/c1-3-5-24(6-4-2)14-34-20(33-24)10-21(32-23(34)35)36-13-15-7-18(26)22(19(27)8-15)37-17-9-16(11-31-12-17)25(28,29)30/h7-12,33H,3-6,13-14H2,1-2H3. The molecule has 0 spiro atoms. The van der Waals surface area contributed by atoms with E-state index in [1.54, 1.807) is 10.6 Å². The maximum atomic E-state index is 14.6. The van der Waals surface area contributed by atoms with Crippen molar-refractivity contribution in [3.05, 3.63) is 69.9 Å². The molecule has 0 atom stereocenters. The first-order valence-electron chi connectivity index (χ1n) is 11.7. The lowest BCUT2D eigenvalue weighted by atomic mass is 9.89. The highest BCUT2D eigenvalue weighted by atomic mass is 19.4. The molecule has 0 fully saturated rings. The minimum atomic E-state index is -4.69. The van der Waals surface area contributed by atoms with E-state index in [2.05, 4.69) is 29.1 Å². The fourth-order valence-corrected chi connectivity index (χ4v) is 4.49. The van der Waals surface area contributed by atoms with Crippen molar-refractivity contribution in [2.45, 2.75) is 64.4 Å². The zero-order valence-corrected chi connectivity index (χ0v) is 20.2. The van der Waals surface area contributed by atoms with Crippen molar-refractivity contribution in [1.29, 1.82) is 0 Å². The van der Waals surface area contributed by atoms with Crippen LogP contribution in [0.15, 0.2) is 41.5 Å². The quantitative estimate of drug-likeness (QED) is 0.343. The third kappa shape index (κ3) is 5.83. The van der Waals surface area contributed by atoms with Crippen molar-refractivity contribution in [1.82, 2.24) is 14.5 Å². The van der Waals surface area contributed by atoms with Crippen LogP contribution in [0.4, 0.5) is 27.8 Å². The molecule has 0 bridgehead atoms. The molecule has 1 aliphatic rings. The van der Waals surface area contributed by atoms with Crippen molar-refractivity contribution in [2.75, 3.05) is 5.32 Å². The van der Waals surface area contributed by atoms with E-state index in [0.717, 1.165) is 44.0 Å². The van der Waals surface area contributed by atoms with Gasteiger partial charge in [-0.1, -0.05) is 26.7 Å². The van der Waals surface area contributed by atoms with Crippen LogP contribution in [0, 0.1) is 11.6 Å². The number of nitrogens with one attached hydrogen (secondary N) is 1. The molecule has 7 nitrogen and oxygen atoms in total. The molecule has 0 saturated heterocycles. The lowest BCUT2D eigenvalue weighted by Gasteiger charge is -2.28. The number of halogens is 5. The molecule has 0 radical (unpaired) electrons. The number of alkyl halides is 3. The van der Waals surface area contributed by atoms with Gasteiger partial charge in [-0.05, 0) is 36.6 Å². The fourth-order valence-electron chi connectivity index (χ4n) is 4.49. The van der Waals surface area contributed by atoms with Crippen molar-refractivity contribution < 1.29 is 31.4 Å². The van der Waals surface area contributed by atoms with E-state index >= 15 is 0 Å². The van der Waals surface area contributed by atoms with Gasteiger partial charge in [0, 0.05) is 12.3 Å². The second-order valence-electron chi connectivity index (χ2n) is 8.94. The number of anilines is 1. The van der Waals surface area contributed by atoms with E-state index in [9.17, 15) is 26.7 Å². The number of ether oxygens (including phenoxy) is 2. The third-order valence-electron chi connectivity index (χ3n) is 6.00. The first kappa shape index (κ1) is 26.4. The normalized spacial score (nSPS) is 14.2. The van der Waals surface area contributed by atoms with Gasteiger partial charge in [-0.25, -0.2) is 13.6 Å². The molecule has 3 heterocycles. The number of aromatic nitrogens is 3. The van der Waals surface area contributed by atoms with Gasteiger partial charge in [-0.15, -0.1) is 0 Å². The Hall–Kier alpha value is -3.70. The minimum Gasteiger partial charge on any atom is -0.473 e. The number of hydrogen-bond donors (Lipinski definition) is 1. The Morgan fingerprint density at radius 2 is 1.73 bits per heavy atom. The van der Waals surface area contributed by atoms with Gasteiger partial charge in [0.15, 0.2) is 17.4 Å². The molecule has 12 heteroatoms. The molecule has 2 aromatic heterocycles. The van der Waals surface area contributed by atoms with Gasteiger partial charge in [0.05, 0.1) is 23.8 Å². The average Bonchev–Trinajstić information content (AvgIpc) is 3.19. The average molecular weight is 524 g/mol. The minimum absolute atomic E-state index is 0.0104. The van der Waals surface area contributed by atoms with E-state index in [1.165, 1.54) is 0 Å². The summed E-state index contributed by atoms with van der Waals surface area (Å²) in [6, 6.07) is 4.00. The molecule has 1 aliphatic heterocycles. The van der Waals surface area contributed by atoms with Crippen molar-refractivity contribution in [3.8, 4) is 17.4 Å². The maximum Gasteiger partial charge on any atom is 0.418 e.